The van der Waals surface area contributed by atoms with Gasteiger partial charge in [0.05, 0.1) is 0 Å². The summed E-state index contributed by atoms with van der Waals surface area (Å²) in [7, 11) is 3.21. The van der Waals surface area contributed by atoms with Crippen LogP contribution in [0.2, 0.25) is 0 Å². The molecule has 0 spiro atoms. The standard InChI is InChI=1S/C13H11N2S2/c1-15-11-7-3-5-9-13(11)17-16-12-8-4-2-6-10(12)14/h1-9H,14H2/q+1. The zero-order valence-corrected chi connectivity index (χ0v) is 10.7. The second kappa shape index (κ2) is 5.67. The van der Waals surface area contributed by atoms with Gasteiger partial charge in [0, 0.05) is 16.6 Å². The Bertz CT molecular complexity index is 561. The van der Waals surface area contributed by atoms with Gasteiger partial charge in [-0.1, -0.05) is 35.1 Å². The number of rotatable bonds is 3. The second-order valence-corrected chi connectivity index (χ2v) is 5.51. The van der Waals surface area contributed by atoms with Crippen molar-refractivity contribution in [2.24, 2.45) is 0 Å². The molecule has 2 rings (SSSR count). The molecule has 0 atom stereocenters. The first kappa shape index (κ1) is 11.9. The zero-order chi connectivity index (χ0) is 12.1. The Morgan fingerprint density at radius 1 is 0.882 bits per heavy atom. The lowest BCUT2D eigenvalue weighted by Crippen LogP contribution is -1.85. The first-order valence-corrected chi connectivity index (χ1v) is 7.15. The summed E-state index contributed by atoms with van der Waals surface area (Å²) in [4.78, 5) is 5.82. The van der Waals surface area contributed by atoms with Crippen molar-refractivity contribution in [1.82, 2.24) is 0 Å². The highest BCUT2D eigenvalue weighted by atomic mass is 33.1. The van der Waals surface area contributed by atoms with Crippen LogP contribution >= 0.6 is 21.6 Å². The molecule has 2 nitrogen and oxygen atoms in total. The number of hydrogen-bond acceptors (Lipinski definition) is 3. The van der Waals surface area contributed by atoms with Crippen molar-refractivity contribution in [2.75, 3.05) is 5.73 Å². The van der Waals surface area contributed by atoms with Crippen LogP contribution in [0.4, 0.5) is 11.4 Å². The van der Waals surface area contributed by atoms with Crippen molar-refractivity contribution in [3.8, 4) is 6.57 Å². The van der Waals surface area contributed by atoms with E-state index in [-0.39, 0.29) is 0 Å². The van der Waals surface area contributed by atoms with Gasteiger partial charge < -0.3 is 5.73 Å². The summed E-state index contributed by atoms with van der Waals surface area (Å²) in [6.45, 7) is 5.33. The Hall–Kier alpha value is -1.57. The summed E-state index contributed by atoms with van der Waals surface area (Å²) in [6, 6.07) is 15.5. The fourth-order valence-corrected chi connectivity index (χ4v) is 3.52. The summed E-state index contributed by atoms with van der Waals surface area (Å²) >= 11 is 0. The molecule has 4 heteroatoms. The van der Waals surface area contributed by atoms with Gasteiger partial charge in [-0.25, -0.2) is 0 Å². The van der Waals surface area contributed by atoms with Crippen molar-refractivity contribution in [1.29, 1.82) is 0 Å². The van der Waals surface area contributed by atoms with Crippen molar-refractivity contribution < 1.29 is 0 Å². The first-order valence-electron chi connectivity index (χ1n) is 5.00. The van der Waals surface area contributed by atoms with Crippen molar-refractivity contribution >= 4 is 33.0 Å². The van der Waals surface area contributed by atoms with Crippen LogP contribution in [0.1, 0.15) is 0 Å². The maximum atomic E-state index is 5.87. The number of nitrogens with two attached hydrogens (primary N) is 1. The molecule has 84 valence electrons. The Labute approximate surface area is 108 Å². The van der Waals surface area contributed by atoms with Crippen molar-refractivity contribution in [3.05, 3.63) is 53.4 Å². The van der Waals surface area contributed by atoms with E-state index in [4.69, 9.17) is 12.3 Å². The number of nitrogen functional groups attached to an aromatic ring is 1. The Morgan fingerprint density at radius 3 is 2.18 bits per heavy atom. The van der Waals surface area contributed by atoms with Crippen LogP contribution in [0.5, 0.6) is 0 Å². The largest absolute Gasteiger partial charge is 0.398 e. The molecule has 0 fully saturated rings. The van der Waals surface area contributed by atoms with E-state index in [0.717, 1.165) is 21.2 Å². The minimum Gasteiger partial charge on any atom is -0.398 e. The molecule has 0 heterocycles. The molecule has 2 N–H and O–H groups in total. The van der Waals surface area contributed by atoms with E-state index in [1.165, 1.54) is 0 Å². The molecule has 0 amide bonds. The number of para-hydroxylation sites is 2. The highest BCUT2D eigenvalue weighted by Gasteiger charge is 2.10. The molecular weight excluding hydrogens is 248 g/mol. The van der Waals surface area contributed by atoms with E-state index in [0.29, 0.717) is 0 Å². The van der Waals surface area contributed by atoms with Crippen LogP contribution in [0, 0.1) is 6.57 Å². The predicted octanol–water partition coefficient (Wildman–Crippen LogP) is 4.66. The number of hydrogen-bond donors (Lipinski definition) is 1. The van der Waals surface area contributed by atoms with Gasteiger partial charge in [0.25, 0.3) is 6.57 Å². The third kappa shape index (κ3) is 2.96. The Morgan fingerprint density at radius 2 is 1.47 bits per heavy atom. The topological polar surface area (TPSA) is 30.4 Å². The molecule has 0 unspecified atom stereocenters. The average molecular weight is 259 g/mol. The maximum absolute atomic E-state index is 5.87. The minimum atomic E-state index is 0.784. The van der Waals surface area contributed by atoms with Gasteiger partial charge >= 0.3 is 5.69 Å². The van der Waals surface area contributed by atoms with E-state index < -0.39 is 0 Å². The van der Waals surface area contributed by atoms with Crippen LogP contribution in [0.3, 0.4) is 0 Å². The molecule has 0 aliphatic heterocycles. The molecule has 2 aromatic rings. The molecule has 0 aliphatic carbocycles. The number of benzene rings is 2. The smallest absolute Gasteiger partial charge is 0.354 e. The third-order valence-electron chi connectivity index (χ3n) is 2.14. The lowest BCUT2D eigenvalue weighted by molar-refractivity contribution is 1.47. The average Bonchev–Trinajstić information content (AvgIpc) is 2.38. The van der Waals surface area contributed by atoms with E-state index >= 15 is 0 Å². The highest BCUT2D eigenvalue weighted by molar-refractivity contribution is 8.76. The van der Waals surface area contributed by atoms with Gasteiger partial charge in [-0.15, -0.1) is 0 Å². The van der Waals surface area contributed by atoms with Crippen LogP contribution < -0.4 is 5.73 Å². The molecule has 0 saturated carbocycles. The number of anilines is 1. The van der Waals surface area contributed by atoms with Gasteiger partial charge in [-0.2, -0.15) is 0 Å². The quantitative estimate of drug-likeness (QED) is 0.642. The second-order valence-electron chi connectivity index (χ2n) is 3.30. The molecule has 0 aromatic heterocycles. The Kier molecular flexibility index (Phi) is 3.97. The number of nitrogens with zero attached hydrogens (tertiary/aromatic N) is 1. The molecule has 0 saturated heterocycles. The fraction of sp³-hybridized carbons (Fsp3) is 0. The fourth-order valence-electron chi connectivity index (χ4n) is 1.28. The van der Waals surface area contributed by atoms with Crippen LogP contribution in [-0.2, 0) is 0 Å². The summed E-state index contributed by atoms with van der Waals surface area (Å²) in [5.74, 6) is 0. The van der Waals surface area contributed by atoms with E-state index in [2.05, 4.69) is 4.85 Å². The summed E-state index contributed by atoms with van der Waals surface area (Å²) in [5, 5.41) is 0. The zero-order valence-electron chi connectivity index (χ0n) is 9.04. The summed E-state index contributed by atoms with van der Waals surface area (Å²) in [5.41, 5.74) is 7.45. The van der Waals surface area contributed by atoms with E-state index in [1.54, 1.807) is 21.6 Å². The molecule has 17 heavy (non-hydrogen) atoms. The third-order valence-corrected chi connectivity index (χ3v) is 4.63. The van der Waals surface area contributed by atoms with Gasteiger partial charge in [-0.3, -0.25) is 0 Å². The predicted molar refractivity (Wildman–Crippen MR) is 77.0 cm³/mol. The van der Waals surface area contributed by atoms with Crippen molar-refractivity contribution in [3.63, 3.8) is 0 Å². The molecule has 0 radical (unpaired) electrons. The SMILES string of the molecule is C#[N+]c1ccccc1SSc1ccccc1N. The lowest BCUT2D eigenvalue weighted by Gasteiger charge is -2.02. The summed E-state index contributed by atoms with van der Waals surface area (Å²) in [6.07, 6.45) is 0. The van der Waals surface area contributed by atoms with Crippen LogP contribution in [-0.4, -0.2) is 0 Å². The van der Waals surface area contributed by atoms with E-state index in [1.807, 2.05) is 48.5 Å². The van der Waals surface area contributed by atoms with Gasteiger partial charge in [-0.05, 0) is 33.8 Å². The summed E-state index contributed by atoms with van der Waals surface area (Å²) < 4.78 is 0. The first-order chi connectivity index (χ1) is 8.31. The van der Waals surface area contributed by atoms with Gasteiger partial charge in [0.2, 0.25) is 0 Å². The van der Waals surface area contributed by atoms with Crippen LogP contribution in [0.15, 0.2) is 58.3 Å². The van der Waals surface area contributed by atoms with Gasteiger partial charge in [0.15, 0.2) is 0 Å². The minimum absolute atomic E-state index is 0.784. The molecule has 0 bridgehead atoms. The lowest BCUT2D eigenvalue weighted by atomic mass is 10.3. The maximum Gasteiger partial charge on any atom is 0.354 e. The normalized spacial score (nSPS) is 9.82. The van der Waals surface area contributed by atoms with E-state index in [9.17, 15) is 0 Å². The molecule has 0 aliphatic rings. The Balaban J connectivity index is 2.13. The van der Waals surface area contributed by atoms with Crippen molar-refractivity contribution in [2.45, 2.75) is 9.79 Å². The molecule has 2 aromatic carbocycles. The monoisotopic (exact) mass is 259 g/mol. The molecular formula is C13H11N2S2+. The van der Waals surface area contributed by atoms with Crippen LogP contribution in [0.25, 0.3) is 4.85 Å². The highest BCUT2D eigenvalue weighted by Crippen LogP contribution is 2.43. The van der Waals surface area contributed by atoms with Gasteiger partial charge in [0.1, 0.15) is 4.90 Å².